The zero-order valence-corrected chi connectivity index (χ0v) is 62.0. The van der Waals surface area contributed by atoms with Crippen LogP contribution in [0.3, 0.4) is 0 Å². The molecule has 0 fully saturated rings. The summed E-state index contributed by atoms with van der Waals surface area (Å²) in [6.45, 7) is 14.1. The van der Waals surface area contributed by atoms with Crippen LogP contribution < -0.4 is 0 Å². The molecule has 0 saturated carbocycles. The first-order chi connectivity index (χ1) is 44.1. The standard InChI is InChI=1S/C73H142O17P2/c1-63(2)49-41-33-25-17-14-12-10-9-11-13-15-19-31-39-47-55-72(77)89-68(59-83-70(75)53-45-37-29-23-21-27-35-43-51-65(5)6)61-87-91(79,80)85-57-67(74)58-86-92(81,82)88-62-69(60-84-71(76)54-46-38-30-24-22-28-36-44-52-66(7)8)90-73(78)56-48-40-32-20-16-18-26-34-42-50-64(3)4/h63-69,74H,9-62H2,1-8H3,(H,79,80)(H,81,82)/t67?,68-,69-/m1/s1. The van der Waals surface area contributed by atoms with Gasteiger partial charge in [0.2, 0.25) is 0 Å². The third-order valence-corrected chi connectivity index (χ3v) is 18.7. The van der Waals surface area contributed by atoms with E-state index >= 15 is 0 Å². The Morgan fingerprint density at radius 3 is 0.674 bits per heavy atom. The van der Waals surface area contributed by atoms with Gasteiger partial charge in [0.15, 0.2) is 12.2 Å². The van der Waals surface area contributed by atoms with Crippen LogP contribution in [0.15, 0.2) is 0 Å². The Bertz CT molecular complexity index is 1820. The summed E-state index contributed by atoms with van der Waals surface area (Å²) in [7, 11) is -9.91. The fourth-order valence-electron chi connectivity index (χ4n) is 11.0. The average molecular weight is 1350 g/mol. The predicted octanol–water partition coefficient (Wildman–Crippen LogP) is 20.9. The molecule has 0 aliphatic heterocycles. The number of carbonyl (C=O) groups excluding carboxylic acids is 4. The van der Waals surface area contributed by atoms with E-state index in [4.69, 9.17) is 37.0 Å². The van der Waals surface area contributed by atoms with Crippen LogP contribution >= 0.6 is 15.6 Å². The first-order valence-electron chi connectivity index (χ1n) is 37.7. The Balaban J connectivity index is 5.23. The molecule has 0 bridgehead atoms. The minimum atomic E-state index is -4.95. The Morgan fingerprint density at radius 2 is 0.457 bits per heavy atom. The maximum Gasteiger partial charge on any atom is 0.472 e. The third-order valence-electron chi connectivity index (χ3n) is 16.8. The molecule has 0 amide bonds. The van der Waals surface area contributed by atoms with Gasteiger partial charge in [0.1, 0.15) is 19.3 Å². The highest BCUT2D eigenvalue weighted by Gasteiger charge is 2.30. The van der Waals surface area contributed by atoms with Crippen LogP contribution in [0.4, 0.5) is 0 Å². The van der Waals surface area contributed by atoms with Gasteiger partial charge in [0.05, 0.1) is 26.4 Å². The van der Waals surface area contributed by atoms with Gasteiger partial charge >= 0.3 is 39.5 Å². The third kappa shape index (κ3) is 66.7. The van der Waals surface area contributed by atoms with Crippen molar-refractivity contribution < 1.29 is 80.2 Å². The molecule has 0 aliphatic carbocycles. The molecular weight excluding hydrogens is 1210 g/mol. The van der Waals surface area contributed by atoms with Crippen LogP contribution in [0, 0.1) is 23.7 Å². The first-order valence-corrected chi connectivity index (χ1v) is 40.7. The van der Waals surface area contributed by atoms with Crippen molar-refractivity contribution in [1.29, 1.82) is 0 Å². The number of aliphatic hydroxyl groups excluding tert-OH is 1. The average Bonchev–Trinajstić information content (AvgIpc) is 2.59. The molecule has 0 radical (unpaired) electrons. The van der Waals surface area contributed by atoms with E-state index in [-0.39, 0.29) is 25.7 Å². The molecule has 3 unspecified atom stereocenters. The minimum absolute atomic E-state index is 0.104. The van der Waals surface area contributed by atoms with E-state index in [2.05, 4.69) is 55.4 Å². The lowest BCUT2D eigenvalue weighted by molar-refractivity contribution is -0.161. The molecule has 0 aromatic heterocycles. The van der Waals surface area contributed by atoms with E-state index in [1.165, 1.54) is 167 Å². The molecule has 0 spiro atoms. The highest BCUT2D eigenvalue weighted by Crippen LogP contribution is 2.45. The molecule has 17 nitrogen and oxygen atoms in total. The summed E-state index contributed by atoms with van der Waals surface area (Å²) >= 11 is 0. The minimum Gasteiger partial charge on any atom is -0.462 e. The number of ether oxygens (including phenoxy) is 4. The van der Waals surface area contributed by atoms with Gasteiger partial charge in [-0.2, -0.15) is 0 Å². The number of phosphoric acid groups is 2. The molecule has 5 atom stereocenters. The Morgan fingerprint density at radius 1 is 0.272 bits per heavy atom. The summed E-state index contributed by atoms with van der Waals surface area (Å²) in [6, 6.07) is 0. The van der Waals surface area contributed by atoms with Crippen LogP contribution in [0.25, 0.3) is 0 Å². The fourth-order valence-corrected chi connectivity index (χ4v) is 12.6. The van der Waals surface area contributed by atoms with Crippen molar-refractivity contribution in [3.8, 4) is 0 Å². The summed E-state index contributed by atoms with van der Waals surface area (Å²) < 4.78 is 68.4. The number of hydrogen-bond donors (Lipinski definition) is 3. The first kappa shape index (κ1) is 90.1. The second-order valence-corrected chi connectivity index (χ2v) is 31.1. The van der Waals surface area contributed by atoms with Crippen LogP contribution in [-0.4, -0.2) is 96.7 Å². The molecule has 546 valence electrons. The molecule has 0 heterocycles. The molecule has 0 saturated heterocycles. The van der Waals surface area contributed by atoms with Crippen molar-refractivity contribution in [1.82, 2.24) is 0 Å². The van der Waals surface area contributed by atoms with Gasteiger partial charge in [-0.3, -0.25) is 37.3 Å². The van der Waals surface area contributed by atoms with Crippen LogP contribution in [0.1, 0.15) is 364 Å². The molecule has 3 N–H and O–H groups in total. The van der Waals surface area contributed by atoms with E-state index in [0.717, 1.165) is 114 Å². The Kier molecular flexibility index (Phi) is 61.3. The second-order valence-electron chi connectivity index (χ2n) is 28.2. The Hall–Kier alpha value is -1.94. The van der Waals surface area contributed by atoms with Crippen LogP contribution in [0.5, 0.6) is 0 Å². The highest BCUT2D eigenvalue weighted by molar-refractivity contribution is 7.47. The molecule has 0 aliphatic rings. The van der Waals surface area contributed by atoms with Gasteiger partial charge in [0.25, 0.3) is 0 Å². The quantitative estimate of drug-likeness (QED) is 0.0222. The number of phosphoric ester groups is 2. The van der Waals surface area contributed by atoms with Crippen molar-refractivity contribution in [3.05, 3.63) is 0 Å². The lowest BCUT2D eigenvalue weighted by Gasteiger charge is -2.21. The molecule has 0 rings (SSSR count). The number of unbranched alkanes of at least 4 members (excludes halogenated alkanes) is 36. The van der Waals surface area contributed by atoms with Gasteiger partial charge in [0, 0.05) is 25.7 Å². The van der Waals surface area contributed by atoms with Crippen molar-refractivity contribution in [3.63, 3.8) is 0 Å². The van der Waals surface area contributed by atoms with Crippen LogP contribution in [0.2, 0.25) is 0 Å². The van der Waals surface area contributed by atoms with Gasteiger partial charge in [-0.25, -0.2) is 9.13 Å². The van der Waals surface area contributed by atoms with Crippen molar-refractivity contribution in [2.45, 2.75) is 382 Å². The SMILES string of the molecule is CC(C)CCCCCCCCCCCCCCCCCC(=O)O[C@H](COC(=O)CCCCCCCCCCC(C)C)COP(=O)(O)OCC(O)COP(=O)(O)OC[C@@H](COC(=O)CCCCCCCCCCC(C)C)OC(=O)CCCCCCCCCCCC(C)C. The Labute approximate surface area is 562 Å². The monoisotopic (exact) mass is 1350 g/mol. The van der Waals surface area contributed by atoms with Crippen molar-refractivity contribution in [2.24, 2.45) is 23.7 Å². The molecule has 92 heavy (non-hydrogen) atoms. The maximum atomic E-state index is 13.0. The van der Waals surface area contributed by atoms with E-state index in [1.54, 1.807) is 0 Å². The highest BCUT2D eigenvalue weighted by atomic mass is 31.2. The zero-order valence-electron chi connectivity index (χ0n) is 60.2. The van der Waals surface area contributed by atoms with E-state index in [0.29, 0.717) is 25.7 Å². The predicted molar refractivity (Wildman–Crippen MR) is 372 cm³/mol. The molecule has 0 aromatic carbocycles. The second kappa shape index (κ2) is 62.6. The van der Waals surface area contributed by atoms with Gasteiger partial charge in [-0.05, 0) is 49.4 Å². The van der Waals surface area contributed by atoms with Gasteiger partial charge in [-0.15, -0.1) is 0 Å². The summed E-state index contributed by atoms with van der Waals surface area (Å²) in [5, 5.41) is 10.6. The summed E-state index contributed by atoms with van der Waals surface area (Å²) in [4.78, 5) is 72.7. The number of aliphatic hydroxyl groups is 1. The van der Waals surface area contributed by atoms with Crippen LogP contribution in [-0.2, 0) is 65.4 Å². The largest absolute Gasteiger partial charge is 0.472 e. The summed E-state index contributed by atoms with van der Waals surface area (Å²) in [6.07, 6.45) is 45.9. The maximum absolute atomic E-state index is 13.0. The van der Waals surface area contributed by atoms with Gasteiger partial charge in [-0.1, -0.05) is 312 Å². The zero-order chi connectivity index (χ0) is 68.2. The number of hydrogen-bond acceptors (Lipinski definition) is 15. The van der Waals surface area contributed by atoms with E-state index in [9.17, 15) is 43.2 Å². The molecule has 19 heteroatoms. The number of carbonyl (C=O) groups is 4. The fraction of sp³-hybridized carbons (Fsp3) is 0.945. The van der Waals surface area contributed by atoms with Crippen molar-refractivity contribution in [2.75, 3.05) is 39.6 Å². The smallest absolute Gasteiger partial charge is 0.462 e. The molecular formula is C73H142O17P2. The number of esters is 4. The van der Waals surface area contributed by atoms with Gasteiger partial charge < -0.3 is 33.8 Å². The topological polar surface area (TPSA) is 237 Å². The van der Waals surface area contributed by atoms with E-state index in [1.807, 2.05) is 0 Å². The lowest BCUT2D eigenvalue weighted by Crippen LogP contribution is -2.30. The van der Waals surface area contributed by atoms with E-state index < -0.39 is 97.5 Å². The van der Waals surface area contributed by atoms with Crippen molar-refractivity contribution >= 4 is 39.5 Å². The summed E-state index contributed by atoms with van der Waals surface area (Å²) in [5.41, 5.74) is 0. The normalized spacial score (nSPS) is 14.2. The molecule has 0 aromatic rings. The number of rotatable bonds is 70. The summed E-state index contributed by atoms with van der Waals surface area (Å²) in [5.74, 6) is 0.865. The lowest BCUT2D eigenvalue weighted by atomic mass is 10.0.